The van der Waals surface area contributed by atoms with Gasteiger partial charge in [0.1, 0.15) is 11.5 Å². The van der Waals surface area contributed by atoms with Crippen LogP contribution in [-0.2, 0) is 16.2 Å². The van der Waals surface area contributed by atoms with Crippen molar-refractivity contribution >= 4 is 190 Å². The van der Waals surface area contributed by atoms with E-state index in [2.05, 4.69) is 325 Å². The van der Waals surface area contributed by atoms with E-state index in [4.69, 9.17) is 4.74 Å². The molecule has 0 atom stereocenters. The second kappa shape index (κ2) is 21.7. The molecule has 500 valence electrons. The summed E-state index contributed by atoms with van der Waals surface area (Å²) in [6.07, 6.45) is 0. The largest absolute Gasteiger partial charge is 0.457 e. The Morgan fingerprint density at radius 2 is 0.745 bits per heavy atom. The molecule has 102 heavy (non-hydrogen) atoms. The van der Waals surface area contributed by atoms with Crippen molar-refractivity contribution in [3.8, 4) is 11.5 Å². The highest BCUT2D eigenvalue weighted by molar-refractivity contribution is 7.34. The van der Waals surface area contributed by atoms with Gasteiger partial charge in [0.15, 0.2) is 0 Å². The van der Waals surface area contributed by atoms with Crippen molar-refractivity contribution in [1.82, 2.24) is 0 Å². The van der Waals surface area contributed by atoms with Gasteiger partial charge in [-0.1, -0.05) is 176 Å². The van der Waals surface area contributed by atoms with Crippen LogP contribution in [0.5, 0.6) is 11.5 Å². The number of anilines is 14. The Hall–Kier alpha value is -9.67. The Morgan fingerprint density at radius 1 is 0.333 bits per heavy atom. The molecule has 11 aromatic carbocycles. The first kappa shape index (κ1) is 63.3. The van der Waals surface area contributed by atoms with Gasteiger partial charge in [-0.2, -0.15) is 0 Å². The molecule has 0 saturated carbocycles. The Balaban J connectivity index is 0.981. The van der Waals surface area contributed by atoms with Crippen molar-refractivity contribution in [2.75, 3.05) is 24.9 Å². The molecule has 13 aromatic rings. The lowest BCUT2D eigenvalue weighted by Crippen LogP contribution is -2.66. The molecule has 6 aliphatic rings. The summed E-state index contributed by atoms with van der Waals surface area (Å²) in [5, 5.41) is 6.79. The molecule has 0 fully saturated rings. The van der Waals surface area contributed by atoms with Gasteiger partial charge < -0.3 is 29.7 Å². The van der Waals surface area contributed by atoms with Crippen LogP contribution < -0.4 is 77.4 Å². The van der Waals surface area contributed by atoms with E-state index in [1.54, 1.807) is 0 Å². The van der Waals surface area contributed by atoms with Crippen LogP contribution >= 0.6 is 22.7 Å². The molecule has 6 aliphatic heterocycles. The van der Waals surface area contributed by atoms with Gasteiger partial charge in [0, 0.05) is 86.6 Å². The zero-order chi connectivity index (χ0) is 70.5. The fourth-order valence-corrected chi connectivity index (χ4v) is 21.5. The highest BCUT2D eigenvalue weighted by atomic mass is 32.1. The van der Waals surface area contributed by atoms with Crippen LogP contribution in [0, 0.1) is 62.3 Å². The summed E-state index contributed by atoms with van der Waals surface area (Å²) in [4.78, 5) is 10.7. The molecule has 0 amide bonds. The predicted molar refractivity (Wildman–Crippen MR) is 445 cm³/mol. The van der Waals surface area contributed by atoms with E-state index >= 15 is 0 Å². The van der Waals surface area contributed by atoms with Crippen LogP contribution in [0.2, 0.25) is 0 Å². The molecule has 0 bridgehead atoms. The normalized spacial score (nSPS) is 14.4. The molecule has 6 nitrogen and oxygen atoms in total. The van der Waals surface area contributed by atoms with Gasteiger partial charge in [-0.3, -0.25) is 0 Å². The monoisotopic (exact) mass is 1360 g/mol. The number of fused-ring (bicyclic) bond motifs is 16. The number of nitrogens with zero attached hydrogens (tertiary/aromatic N) is 4. The molecule has 19 rings (SSSR count). The SMILES string of the molecule is Cc1cc(C)c(N2c3cc4c(cc3B3c5sc6ccccc6c5Oc5cc(C(C)(C)C)cc2c53)B2c3cc5c(cc3N(c3c(C)cc(C)cc3C)c3cc(C(C)(C)C)cc(c32)N4c2c(C)cc(C)cc2C)Nc2cc(C(C)(C)C)cc3c2B5c2sc4ccccc4c2N3c2ccccc2)c(C)c1. The number of thiophene rings is 2. The van der Waals surface area contributed by atoms with E-state index in [1.807, 2.05) is 22.7 Å². The minimum Gasteiger partial charge on any atom is -0.457 e. The van der Waals surface area contributed by atoms with E-state index in [0.717, 1.165) is 22.9 Å². The topological polar surface area (TPSA) is 34.2 Å². The number of benzene rings is 11. The van der Waals surface area contributed by atoms with Gasteiger partial charge in [0.25, 0.3) is 20.1 Å². The molecule has 2 aromatic heterocycles. The van der Waals surface area contributed by atoms with Crippen molar-refractivity contribution in [2.24, 2.45) is 0 Å². The molecule has 0 saturated heterocycles. The molecule has 11 heteroatoms. The van der Waals surface area contributed by atoms with Crippen LogP contribution in [0.25, 0.3) is 20.2 Å². The van der Waals surface area contributed by atoms with Crippen LogP contribution in [0.4, 0.5) is 79.6 Å². The van der Waals surface area contributed by atoms with Gasteiger partial charge in [-0.25, -0.2) is 0 Å². The molecular weight excluding hydrogens is 1280 g/mol. The van der Waals surface area contributed by atoms with Crippen molar-refractivity contribution in [3.05, 3.63) is 243 Å². The Labute approximate surface area is 610 Å². The Morgan fingerprint density at radius 3 is 1.27 bits per heavy atom. The number of hydrogen-bond donors (Lipinski definition) is 1. The maximum atomic E-state index is 7.57. The average molecular weight is 1360 g/mol. The number of nitrogens with one attached hydrogen (secondary N) is 1. The maximum absolute atomic E-state index is 7.57. The lowest BCUT2D eigenvalue weighted by atomic mass is 9.30. The van der Waals surface area contributed by atoms with Gasteiger partial charge >= 0.3 is 0 Å². The fourth-order valence-electron chi connectivity index (χ4n) is 18.9. The summed E-state index contributed by atoms with van der Waals surface area (Å²) in [6.45, 7) is 41.7. The third kappa shape index (κ3) is 9.04. The summed E-state index contributed by atoms with van der Waals surface area (Å²) in [5.41, 5.74) is 40.5. The predicted octanol–water partition coefficient (Wildman–Crippen LogP) is 19.6. The van der Waals surface area contributed by atoms with Gasteiger partial charge in [-0.05, 0) is 246 Å². The molecule has 0 spiro atoms. The quantitative estimate of drug-likeness (QED) is 0.177. The van der Waals surface area contributed by atoms with Gasteiger partial charge in [0.2, 0.25) is 0 Å². The van der Waals surface area contributed by atoms with E-state index in [9.17, 15) is 0 Å². The molecule has 0 unspecified atom stereocenters. The van der Waals surface area contributed by atoms with E-state index < -0.39 is 0 Å². The van der Waals surface area contributed by atoms with Crippen molar-refractivity contribution in [1.29, 1.82) is 0 Å². The van der Waals surface area contributed by atoms with Crippen LogP contribution in [0.3, 0.4) is 0 Å². The summed E-state index contributed by atoms with van der Waals surface area (Å²) < 4.78 is 12.7. The maximum Gasteiger partial charge on any atom is 0.268 e. The molecule has 8 heterocycles. The first-order valence-electron chi connectivity index (χ1n) is 36.6. The smallest absolute Gasteiger partial charge is 0.268 e. The first-order valence-corrected chi connectivity index (χ1v) is 38.2. The fraction of sp³-hybridized carbons (Fsp3) is 0.231. The zero-order valence-corrected chi connectivity index (χ0v) is 63.6. The molecule has 1 N–H and O–H groups in total. The average Bonchev–Trinajstić information content (AvgIpc) is 1.68. The summed E-state index contributed by atoms with van der Waals surface area (Å²) in [7, 11) is 0. The summed E-state index contributed by atoms with van der Waals surface area (Å²) >= 11 is 3.88. The molecule has 0 radical (unpaired) electrons. The van der Waals surface area contributed by atoms with Crippen molar-refractivity contribution in [3.63, 3.8) is 0 Å². The lowest BCUT2D eigenvalue weighted by molar-refractivity contribution is 0.490. The van der Waals surface area contributed by atoms with Crippen LogP contribution in [-0.4, -0.2) is 20.1 Å². The van der Waals surface area contributed by atoms with E-state index in [1.165, 1.54) is 203 Å². The van der Waals surface area contributed by atoms with Gasteiger partial charge in [-0.15, -0.1) is 22.7 Å². The minimum atomic E-state index is -0.238. The third-order valence-corrected chi connectivity index (χ3v) is 25.6. The number of hydrogen-bond acceptors (Lipinski definition) is 8. The second-order valence-electron chi connectivity index (χ2n) is 33.6. The summed E-state index contributed by atoms with van der Waals surface area (Å²) in [5.74, 6) is 1.92. The number of ether oxygens (including phenoxy) is 1. The van der Waals surface area contributed by atoms with E-state index in [-0.39, 0.29) is 36.4 Å². The Kier molecular flexibility index (Phi) is 13.5. The highest BCUT2D eigenvalue weighted by Gasteiger charge is 2.52. The van der Waals surface area contributed by atoms with Crippen molar-refractivity contribution < 1.29 is 4.74 Å². The van der Waals surface area contributed by atoms with Crippen LogP contribution in [0.1, 0.15) is 129 Å². The second-order valence-corrected chi connectivity index (χ2v) is 35.7. The lowest BCUT2D eigenvalue weighted by Gasteiger charge is -2.48. The van der Waals surface area contributed by atoms with Crippen LogP contribution in [0.15, 0.2) is 176 Å². The van der Waals surface area contributed by atoms with E-state index in [0.29, 0.717) is 0 Å². The Bertz CT molecular complexity index is 5830. The number of para-hydroxylation sites is 1. The first-order chi connectivity index (χ1) is 48.7. The zero-order valence-electron chi connectivity index (χ0n) is 62.0. The van der Waals surface area contributed by atoms with Crippen molar-refractivity contribution in [2.45, 2.75) is 141 Å². The third-order valence-electron chi connectivity index (χ3n) is 23.2. The number of rotatable bonds is 4. The minimum absolute atomic E-state index is 0.0876. The molecular formula is C91H84B3N5OS2. The molecule has 0 aliphatic carbocycles. The summed E-state index contributed by atoms with van der Waals surface area (Å²) in [6, 6.07) is 69.5. The standard InChI is InChI=1S/C91H84B3N5OS2/c1-48-32-51(4)82(52(5)33-48)97-69-46-67-63(93-79-68(95-67)38-57(89(10,11)12)39-72(79)96(60-26-20-19-21-27-60)85-61-28-22-24-30-77(61)101-87(85)93)44-64(69)92-65-45-66-71(47-70(65)98(83-53(6)34-49(2)35-54(83)7)74-41-58(90(13,14)15)40-73(97)80(74)92)99(84-55(8)36-50(3)37-56(84)9)75-42-59(91(16,17)18)43-76-81(75)94(66)88-86(100-76)62-29-23-25-31-78(62)102-88/h19-47,95H,1-18H3. The number of aryl methyl sites for hydroxylation is 9. The highest BCUT2D eigenvalue weighted by Crippen LogP contribution is 2.55. The van der Waals surface area contributed by atoms with Gasteiger partial charge in [0.05, 0.1) is 22.7 Å².